The molecule has 1 N–H and O–H groups in total. The Morgan fingerprint density at radius 2 is 1.66 bits per heavy atom. The van der Waals surface area contributed by atoms with Gasteiger partial charge in [0.15, 0.2) is 5.78 Å². The summed E-state index contributed by atoms with van der Waals surface area (Å²) in [7, 11) is 1.78. The molecular weight excluding hydrogens is 548 g/mol. The number of allylic oxidation sites excluding steroid dienone is 2. The molecule has 11 heteroatoms. The van der Waals surface area contributed by atoms with Gasteiger partial charge in [0.25, 0.3) is 0 Å². The maximum absolute atomic E-state index is 14.4. The Bertz CT molecular complexity index is 1270. The predicted molar refractivity (Wildman–Crippen MR) is 140 cm³/mol. The van der Waals surface area contributed by atoms with E-state index in [4.69, 9.17) is 0 Å². The molecule has 2 fully saturated rings. The van der Waals surface area contributed by atoms with Crippen LogP contribution in [0.4, 0.5) is 26.3 Å². The molecule has 0 atom stereocenters. The van der Waals surface area contributed by atoms with E-state index in [1.165, 1.54) is 4.90 Å². The monoisotopic (exact) mass is 581 g/mol. The highest BCUT2D eigenvalue weighted by molar-refractivity contribution is 6.03. The molecule has 0 spiro atoms. The van der Waals surface area contributed by atoms with E-state index >= 15 is 0 Å². The third-order valence-corrected chi connectivity index (χ3v) is 8.41. The van der Waals surface area contributed by atoms with Crippen LogP contribution in [-0.2, 0) is 28.5 Å². The number of hydrogen-bond acceptors (Lipinski definition) is 4. The van der Waals surface area contributed by atoms with Crippen molar-refractivity contribution in [3.8, 4) is 0 Å². The summed E-state index contributed by atoms with van der Waals surface area (Å²) in [5.74, 6) is -0.0366. The number of fused-ring (bicyclic) bond motifs is 1. The second-order valence-electron chi connectivity index (χ2n) is 11.8. The number of carbonyl (C=O) groups excluding carboxylic acids is 2. The first-order valence-electron chi connectivity index (χ1n) is 13.9. The molecule has 222 valence electrons. The van der Waals surface area contributed by atoms with Gasteiger partial charge in [-0.25, -0.2) is 0 Å². The first-order chi connectivity index (χ1) is 19.2. The number of rotatable bonds is 7. The van der Waals surface area contributed by atoms with E-state index in [9.17, 15) is 35.9 Å². The number of hydrogen-bond donors (Lipinski definition) is 1. The zero-order valence-corrected chi connectivity index (χ0v) is 22.8. The summed E-state index contributed by atoms with van der Waals surface area (Å²) in [5, 5.41) is 3.26. The molecule has 1 saturated heterocycles. The van der Waals surface area contributed by atoms with Crippen LogP contribution in [0, 0.1) is 11.3 Å². The maximum Gasteiger partial charge on any atom is 0.416 e. The van der Waals surface area contributed by atoms with E-state index in [1.807, 2.05) is 12.3 Å². The smallest absolute Gasteiger partial charge is 0.372 e. The fourth-order valence-electron chi connectivity index (χ4n) is 6.30. The lowest BCUT2D eigenvalue weighted by atomic mass is 9.73. The normalized spacial score (nSPS) is 21.1. The van der Waals surface area contributed by atoms with Gasteiger partial charge in [0, 0.05) is 31.9 Å². The molecule has 0 bridgehead atoms. The van der Waals surface area contributed by atoms with Crippen molar-refractivity contribution in [2.24, 2.45) is 11.3 Å². The van der Waals surface area contributed by atoms with Gasteiger partial charge in [0.05, 0.1) is 23.1 Å². The molecule has 2 aliphatic heterocycles. The van der Waals surface area contributed by atoms with Crippen LogP contribution in [0.3, 0.4) is 0 Å². The van der Waals surface area contributed by atoms with Crippen LogP contribution < -0.4 is 5.32 Å². The molecule has 1 amide bonds. The number of likely N-dealkylation sites (N-methyl/N-ethyl adjacent to an activating group) is 1. The Labute approximate surface area is 234 Å². The topological polar surface area (TPSA) is 52.6 Å². The zero-order valence-electron chi connectivity index (χ0n) is 22.8. The standard InChI is InChI=1S/C30H33F6N3O2/c1-38-16-21-3-2-4-22(26(21)25(40)18-38)17-39(27(41)28(14-19-5-6-19)7-9-37-10-8-28)15-20-11-23(29(31,32)33)13-24(12-20)30(34,35)36/h2,4,11-13,16,19,37H,3,5-10,14-15,17-18H2,1H3. The Kier molecular flexibility index (Phi) is 7.86. The second kappa shape index (κ2) is 11.0. The van der Waals surface area contributed by atoms with E-state index < -0.39 is 35.4 Å². The molecule has 0 aromatic heterocycles. The van der Waals surface area contributed by atoms with Gasteiger partial charge in [-0.15, -0.1) is 0 Å². The average molecular weight is 582 g/mol. The molecular formula is C30H33F6N3O2. The van der Waals surface area contributed by atoms with Crippen molar-refractivity contribution in [1.29, 1.82) is 0 Å². The highest BCUT2D eigenvalue weighted by atomic mass is 19.4. The Morgan fingerprint density at radius 3 is 2.24 bits per heavy atom. The molecule has 0 unspecified atom stereocenters. The minimum absolute atomic E-state index is 0.0884. The molecule has 41 heavy (non-hydrogen) atoms. The number of nitrogens with zero attached hydrogens (tertiary/aromatic N) is 2. The minimum Gasteiger partial charge on any atom is -0.372 e. The lowest BCUT2D eigenvalue weighted by Crippen LogP contribution is -2.50. The van der Waals surface area contributed by atoms with E-state index in [0.29, 0.717) is 68.0 Å². The Balaban J connectivity index is 1.57. The van der Waals surface area contributed by atoms with Gasteiger partial charge < -0.3 is 15.1 Å². The number of piperidine rings is 1. The predicted octanol–water partition coefficient (Wildman–Crippen LogP) is 5.88. The average Bonchev–Trinajstić information content (AvgIpc) is 3.70. The number of Topliss-reactive ketones (excluding diaryl/α,β-unsaturated/α-hetero) is 1. The number of ketones is 1. The summed E-state index contributed by atoms with van der Waals surface area (Å²) >= 11 is 0. The van der Waals surface area contributed by atoms with Gasteiger partial charge in [0.1, 0.15) is 0 Å². The van der Waals surface area contributed by atoms with Crippen LogP contribution in [0.5, 0.6) is 0 Å². The minimum atomic E-state index is -5.00. The van der Waals surface area contributed by atoms with Crippen molar-refractivity contribution in [3.63, 3.8) is 0 Å². The van der Waals surface area contributed by atoms with Crippen molar-refractivity contribution >= 4 is 11.7 Å². The fraction of sp³-hybridized carbons (Fsp3) is 0.533. The Hall–Kier alpha value is -3.08. The molecule has 1 aromatic carbocycles. The van der Waals surface area contributed by atoms with Gasteiger partial charge in [-0.3, -0.25) is 9.59 Å². The lowest BCUT2D eigenvalue weighted by Gasteiger charge is -2.41. The van der Waals surface area contributed by atoms with Gasteiger partial charge in [-0.2, -0.15) is 26.3 Å². The van der Waals surface area contributed by atoms with Gasteiger partial charge in [-0.1, -0.05) is 25.0 Å². The SMILES string of the molecule is CN1C=C2CC=CC(CN(Cc3cc(C(F)(F)F)cc(C(F)(F)F)c3)C(=O)C3(CC4CC4)CCNCC3)=C2C(=O)C1. The summed E-state index contributed by atoms with van der Waals surface area (Å²) in [6.45, 7) is 0.807. The number of nitrogens with one attached hydrogen (secondary N) is 1. The van der Waals surface area contributed by atoms with Gasteiger partial charge in [-0.05, 0) is 79.6 Å². The van der Waals surface area contributed by atoms with Gasteiger partial charge >= 0.3 is 12.4 Å². The van der Waals surface area contributed by atoms with Crippen LogP contribution in [-0.4, -0.2) is 54.7 Å². The summed E-state index contributed by atoms with van der Waals surface area (Å²) < 4.78 is 81.9. The summed E-state index contributed by atoms with van der Waals surface area (Å²) in [5.41, 5.74) is -2.05. The molecule has 1 aromatic rings. The summed E-state index contributed by atoms with van der Waals surface area (Å²) in [6, 6.07) is 1.47. The summed E-state index contributed by atoms with van der Waals surface area (Å²) in [4.78, 5) is 30.6. The van der Waals surface area contributed by atoms with Crippen LogP contribution in [0.25, 0.3) is 0 Å². The van der Waals surface area contributed by atoms with Crippen molar-refractivity contribution in [3.05, 3.63) is 70.0 Å². The van der Waals surface area contributed by atoms with E-state index in [-0.39, 0.29) is 36.4 Å². The third kappa shape index (κ3) is 6.55. The highest BCUT2D eigenvalue weighted by Crippen LogP contribution is 2.46. The van der Waals surface area contributed by atoms with Crippen LogP contribution in [0.1, 0.15) is 55.2 Å². The first-order valence-corrected chi connectivity index (χ1v) is 13.9. The fourth-order valence-corrected chi connectivity index (χ4v) is 6.30. The largest absolute Gasteiger partial charge is 0.416 e. The number of carbonyl (C=O) groups is 2. The molecule has 0 radical (unpaired) electrons. The van der Waals surface area contributed by atoms with Crippen molar-refractivity contribution < 1.29 is 35.9 Å². The molecule has 5 nitrogen and oxygen atoms in total. The van der Waals surface area contributed by atoms with Crippen LogP contribution in [0.2, 0.25) is 0 Å². The molecule has 2 aliphatic carbocycles. The maximum atomic E-state index is 14.4. The van der Waals surface area contributed by atoms with Crippen molar-refractivity contribution in [2.75, 3.05) is 33.2 Å². The van der Waals surface area contributed by atoms with Crippen LogP contribution >= 0.6 is 0 Å². The molecule has 1 saturated carbocycles. The highest BCUT2D eigenvalue weighted by Gasteiger charge is 2.46. The van der Waals surface area contributed by atoms with Crippen molar-refractivity contribution in [2.45, 2.75) is 57.4 Å². The number of amides is 1. The number of halogens is 6. The number of alkyl halides is 6. The van der Waals surface area contributed by atoms with Crippen molar-refractivity contribution in [1.82, 2.24) is 15.1 Å². The summed E-state index contributed by atoms with van der Waals surface area (Å²) in [6.07, 6.45) is -0.310. The molecule has 2 heterocycles. The van der Waals surface area contributed by atoms with Crippen LogP contribution in [0.15, 0.2) is 53.3 Å². The zero-order chi connectivity index (χ0) is 29.6. The number of benzene rings is 1. The first kappa shape index (κ1) is 29.4. The lowest BCUT2D eigenvalue weighted by molar-refractivity contribution is -0.145. The quantitative estimate of drug-likeness (QED) is 0.409. The van der Waals surface area contributed by atoms with Gasteiger partial charge in [0.2, 0.25) is 5.91 Å². The Morgan fingerprint density at radius 1 is 1.02 bits per heavy atom. The van der Waals surface area contributed by atoms with E-state index in [0.717, 1.165) is 18.4 Å². The third-order valence-electron chi connectivity index (χ3n) is 8.41. The van der Waals surface area contributed by atoms with E-state index in [2.05, 4.69) is 5.32 Å². The molecule has 5 rings (SSSR count). The molecule has 4 aliphatic rings. The van der Waals surface area contributed by atoms with E-state index in [1.54, 1.807) is 18.0 Å². The second-order valence-corrected chi connectivity index (χ2v) is 11.8.